The summed E-state index contributed by atoms with van der Waals surface area (Å²) in [5, 5.41) is 24.9. The zero-order chi connectivity index (χ0) is 23.8. The van der Waals surface area contributed by atoms with E-state index in [9.17, 15) is 13.0 Å². The highest BCUT2D eigenvalue weighted by Crippen LogP contribution is 2.35. The van der Waals surface area contributed by atoms with Gasteiger partial charge >= 0.3 is 0 Å². The summed E-state index contributed by atoms with van der Waals surface area (Å²) in [6.07, 6.45) is 0. The predicted molar refractivity (Wildman–Crippen MR) is 121 cm³/mol. The molecule has 33 heavy (non-hydrogen) atoms. The van der Waals surface area contributed by atoms with Gasteiger partial charge in [-0.3, -0.25) is 4.55 Å². The van der Waals surface area contributed by atoms with Gasteiger partial charge in [-0.05, 0) is 43.3 Å². The van der Waals surface area contributed by atoms with E-state index in [0.29, 0.717) is 32.6 Å². The van der Waals surface area contributed by atoms with Gasteiger partial charge in [-0.1, -0.05) is 16.4 Å². The summed E-state index contributed by atoms with van der Waals surface area (Å²) < 4.78 is 38.5. The van der Waals surface area contributed by atoms with Gasteiger partial charge in [0.25, 0.3) is 10.1 Å². The van der Waals surface area contributed by atoms with Crippen LogP contribution in [0.1, 0.15) is 5.69 Å². The first-order valence-electron chi connectivity index (χ1n) is 8.87. The first-order chi connectivity index (χ1) is 15.7. The van der Waals surface area contributed by atoms with Gasteiger partial charge < -0.3 is 11.5 Å². The van der Waals surface area contributed by atoms with Gasteiger partial charge in [-0.2, -0.15) is 13.5 Å². The lowest BCUT2D eigenvalue weighted by Gasteiger charge is -2.07. The lowest BCUT2D eigenvalue weighted by atomic mass is 10.3. The third kappa shape index (κ3) is 4.81. The van der Waals surface area contributed by atoms with Gasteiger partial charge in [0.1, 0.15) is 4.90 Å². The topological polar surface area (TPSA) is 201 Å². The predicted octanol–water partition coefficient (Wildman–Crippen LogP) is 4.05. The van der Waals surface area contributed by atoms with Gasteiger partial charge in [0.05, 0.1) is 39.3 Å². The molecule has 0 fully saturated rings. The summed E-state index contributed by atoms with van der Waals surface area (Å²) in [4.78, 5) is 4.63. The van der Waals surface area contributed by atoms with Crippen LogP contribution in [0.15, 0.2) is 56.4 Å². The molecule has 6 N–H and O–H groups in total. The Labute approximate surface area is 194 Å². The summed E-state index contributed by atoms with van der Waals surface area (Å²) in [6.45, 7) is 1.68. The van der Waals surface area contributed by atoms with E-state index in [4.69, 9.17) is 16.7 Å². The number of aromatic nitrogens is 3. The van der Waals surface area contributed by atoms with Crippen molar-refractivity contribution in [2.24, 2.45) is 10.2 Å². The summed E-state index contributed by atoms with van der Waals surface area (Å²) in [5.74, 6) is 0.149. The highest BCUT2D eigenvalue weighted by molar-refractivity contribution is 7.94. The Morgan fingerprint density at radius 1 is 1.18 bits per heavy atom. The molecule has 2 aromatic heterocycles. The van der Waals surface area contributed by atoms with Gasteiger partial charge in [-0.15, -0.1) is 14.6 Å². The molecule has 0 saturated carbocycles. The van der Waals surface area contributed by atoms with Crippen LogP contribution >= 0.6 is 23.4 Å². The van der Waals surface area contributed by atoms with Gasteiger partial charge in [0.15, 0.2) is 11.5 Å². The number of fused-ring (bicyclic) bond motifs is 1. The molecule has 2 aromatic carbocycles. The van der Waals surface area contributed by atoms with Gasteiger partial charge in [0.2, 0.25) is 5.13 Å². The maximum absolute atomic E-state index is 11.3. The molecule has 0 atom stereocenters. The van der Waals surface area contributed by atoms with Gasteiger partial charge in [0, 0.05) is 4.90 Å². The van der Waals surface area contributed by atoms with E-state index in [-0.39, 0.29) is 11.5 Å². The smallest absolute Gasteiger partial charge is 0.296 e. The molecular formula is C17H15N7O6S3. The fourth-order valence-corrected chi connectivity index (χ4v) is 4.65. The van der Waals surface area contributed by atoms with Crippen molar-refractivity contribution in [2.45, 2.75) is 16.7 Å². The number of nitrogen functional groups attached to an aromatic ring is 2. The summed E-state index contributed by atoms with van der Waals surface area (Å²) in [6, 6.07) is 9.18. The Morgan fingerprint density at radius 3 is 2.67 bits per heavy atom. The molecule has 0 radical (unpaired) electrons. The van der Waals surface area contributed by atoms with Crippen molar-refractivity contribution in [3.05, 3.63) is 42.1 Å². The summed E-state index contributed by atoms with van der Waals surface area (Å²) in [7, 11) is -4.45. The number of nitrogens with two attached hydrogens (primary N) is 2. The standard InChI is InChI=1S/C17H15N7O6S3/c1-8-15(16(19)24(23-8)9-2-5-14(11(18)6-9)33(26,27)28)21-22-17-20-12-7-10(32-30-29-25)3-4-13(12)31-17/h2-7,25H,18-19H2,1H3,(H,26,27,28). The fourth-order valence-electron chi connectivity index (χ4n) is 2.90. The third-order valence-electron chi connectivity index (χ3n) is 4.32. The van der Waals surface area contributed by atoms with Crippen LogP contribution in [0.25, 0.3) is 15.9 Å². The first-order valence-corrected chi connectivity index (χ1v) is 11.9. The average Bonchev–Trinajstić information content (AvgIpc) is 3.29. The Bertz CT molecular complexity index is 1480. The molecule has 0 aliphatic rings. The van der Waals surface area contributed by atoms with E-state index in [1.54, 1.807) is 19.1 Å². The number of azo groups is 1. The van der Waals surface area contributed by atoms with E-state index in [0.717, 1.165) is 22.8 Å². The summed E-state index contributed by atoms with van der Waals surface area (Å²) >= 11 is 2.12. The molecule has 172 valence electrons. The maximum atomic E-state index is 11.3. The minimum Gasteiger partial charge on any atom is -0.398 e. The second-order valence-electron chi connectivity index (χ2n) is 6.48. The van der Waals surface area contributed by atoms with Crippen LogP contribution in [-0.2, 0) is 19.5 Å². The minimum absolute atomic E-state index is 0.149. The quantitative estimate of drug-likeness (QED) is 0.0699. The van der Waals surface area contributed by atoms with E-state index in [2.05, 4.69) is 29.7 Å². The molecule has 4 aromatic rings. The summed E-state index contributed by atoms with van der Waals surface area (Å²) in [5.41, 5.74) is 13.6. The van der Waals surface area contributed by atoms with E-state index < -0.39 is 15.0 Å². The van der Waals surface area contributed by atoms with Crippen LogP contribution in [0, 0.1) is 6.92 Å². The number of anilines is 2. The van der Waals surface area contributed by atoms with Crippen molar-refractivity contribution < 1.29 is 27.6 Å². The van der Waals surface area contributed by atoms with Crippen molar-refractivity contribution in [1.82, 2.24) is 14.8 Å². The van der Waals surface area contributed by atoms with Gasteiger partial charge in [-0.25, -0.2) is 14.9 Å². The highest BCUT2D eigenvalue weighted by Gasteiger charge is 2.18. The van der Waals surface area contributed by atoms with Crippen molar-refractivity contribution in [3.8, 4) is 5.69 Å². The fraction of sp³-hybridized carbons (Fsp3) is 0.0588. The lowest BCUT2D eigenvalue weighted by Crippen LogP contribution is -2.06. The lowest BCUT2D eigenvalue weighted by molar-refractivity contribution is -0.432. The SMILES string of the molecule is Cc1nn(-c2ccc(S(=O)(=O)O)c(N)c2)c(N)c1N=Nc1nc2cc(SOOO)ccc2s1. The number of hydrogen-bond donors (Lipinski definition) is 4. The Morgan fingerprint density at radius 2 is 1.97 bits per heavy atom. The second-order valence-corrected chi connectivity index (χ2v) is 9.65. The maximum Gasteiger partial charge on any atom is 0.296 e. The van der Waals surface area contributed by atoms with E-state index >= 15 is 0 Å². The molecule has 0 aliphatic carbocycles. The van der Waals surface area contributed by atoms with Crippen LogP contribution in [0.4, 0.5) is 22.3 Å². The van der Waals surface area contributed by atoms with Crippen LogP contribution in [0.3, 0.4) is 0 Å². The van der Waals surface area contributed by atoms with Crippen LogP contribution in [-0.4, -0.2) is 33.0 Å². The van der Waals surface area contributed by atoms with Crippen molar-refractivity contribution >= 4 is 66.0 Å². The second kappa shape index (κ2) is 9.02. The third-order valence-corrected chi connectivity index (χ3v) is 6.75. The largest absolute Gasteiger partial charge is 0.398 e. The molecule has 2 heterocycles. The number of rotatable bonds is 7. The van der Waals surface area contributed by atoms with Crippen molar-refractivity contribution in [2.75, 3.05) is 11.5 Å². The van der Waals surface area contributed by atoms with E-state index in [1.165, 1.54) is 28.2 Å². The monoisotopic (exact) mass is 509 g/mol. The molecule has 0 aliphatic heterocycles. The Balaban J connectivity index is 1.63. The van der Waals surface area contributed by atoms with Crippen LogP contribution < -0.4 is 11.5 Å². The number of hydrogen-bond acceptors (Lipinski definition) is 13. The number of benzene rings is 2. The Kier molecular flexibility index (Phi) is 6.30. The number of nitrogens with zero attached hydrogens (tertiary/aromatic N) is 5. The molecular weight excluding hydrogens is 494 g/mol. The zero-order valence-corrected chi connectivity index (χ0v) is 19.1. The molecule has 0 spiro atoms. The molecule has 0 unspecified atom stereocenters. The molecule has 0 saturated heterocycles. The molecule has 0 bridgehead atoms. The minimum atomic E-state index is -4.45. The van der Waals surface area contributed by atoms with Crippen molar-refractivity contribution in [3.63, 3.8) is 0 Å². The van der Waals surface area contributed by atoms with Crippen LogP contribution in [0.2, 0.25) is 0 Å². The number of aryl methyl sites for hydroxylation is 1. The molecule has 4 rings (SSSR count). The first kappa shape index (κ1) is 23.1. The highest BCUT2D eigenvalue weighted by atomic mass is 32.2. The van der Waals surface area contributed by atoms with Crippen LogP contribution in [0.5, 0.6) is 0 Å². The number of thiazole rings is 1. The molecule has 16 heteroatoms. The average molecular weight is 510 g/mol. The van der Waals surface area contributed by atoms with Crippen molar-refractivity contribution in [1.29, 1.82) is 0 Å². The zero-order valence-electron chi connectivity index (χ0n) is 16.6. The molecule has 0 amide bonds. The Hall–Kier alpha value is -3.12. The molecule has 13 nitrogen and oxygen atoms in total. The van der Waals surface area contributed by atoms with E-state index in [1.807, 2.05) is 6.07 Å². The normalized spacial score (nSPS) is 12.2.